The van der Waals surface area contributed by atoms with Gasteiger partial charge in [0.25, 0.3) is 0 Å². The number of nitrogens with zero attached hydrogens (tertiary/aromatic N) is 3. The van der Waals surface area contributed by atoms with Gasteiger partial charge in [0.15, 0.2) is 5.96 Å². The molecule has 0 aromatic heterocycles. The Labute approximate surface area is 173 Å². The fourth-order valence-electron chi connectivity index (χ4n) is 3.44. The van der Waals surface area contributed by atoms with Crippen LogP contribution in [0, 0.1) is 5.92 Å². The van der Waals surface area contributed by atoms with E-state index in [1.807, 2.05) is 19.1 Å². The number of guanidine groups is 1. The zero-order chi connectivity index (χ0) is 20.5. The summed E-state index contributed by atoms with van der Waals surface area (Å²) in [5, 5.41) is 4.14. The van der Waals surface area contributed by atoms with Crippen LogP contribution in [0.25, 0.3) is 0 Å². The SMILES string of the molecule is CCNC(=NCC(c1ccc(Cl)cc1)N(C)C)N1CCC(C(=O)OCC)CC1. The van der Waals surface area contributed by atoms with Gasteiger partial charge >= 0.3 is 5.97 Å². The highest BCUT2D eigenvalue weighted by Crippen LogP contribution is 2.22. The number of likely N-dealkylation sites (tertiary alicyclic amines) is 1. The van der Waals surface area contributed by atoms with E-state index in [0.29, 0.717) is 13.2 Å². The van der Waals surface area contributed by atoms with Crippen LogP contribution in [-0.4, -0.2) is 68.6 Å². The largest absolute Gasteiger partial charge is 0.466 e. The molecule has 0 aliphatic carbocycles. The highest BCUT2D eigenvalue weighted by Gasteiger charge is 2.27. The standard InChI is InChI=1S/C21H33ClN4O2/c1-5-23-21(26-13-11-17(12-14-26)20(27)28-6-2)24-15-19(25(3)4)16-7-9-18(22)10-8-16/h7-10,17,19H,5-6,11-15H2,1-4H3,(H,23,24). The number of hydrogen-bond donors (Lipinski definition) is 1. The van der Waals surface area contributed by atoms with Gasteiger partial charge in [0.1, 0.15) is 0 Å². The number of hydrogen-bond acceptors (Lipinski definition) is 4. The number of rotatable bonds is 7. The van der Waals surface area contributed by atoms with Gasteiger partial charge < -0.3 is 19.9 Å². The predicted octanol–water partition coefficient (Wildman–Crippen LogP) is 3.18. The van der Waals surface area contributed by atoms with Crippen LogP contribution in [0.4, 0.5) is 0 Å². The second-order valence-electron chi connectivity index (χ2n) is 7.24. The summed E-state index contributed by atoms with van der Waals surface area (Å²) in [7, 11) is 4.12. The second kappa shape index (κ2) is 11.3. The zero-order valence-corrected chi connectivity index (χ0v) is 18.2. The van der Waals surface area contributed by atoms with E-state index in [4.69, 9.17) is 21.3 Å². The summed E-state index contributed by atoms with van der Waals surface area (Å²) in [6.45, 7) is 7.44. The lowest BCUT2D eigenvalue weighted by Gasteiger charge is -2.34. The van der Waals surface area contributed by atoms with Crippen LogP contribution in [-0.2, 0) is 9.53 Å². The summed E-state index contributed by atoms with van der Waals surface area (Å²) >= 11 is 6.03. The third kappa shape index (κ3) is 6.38. The monoisotopic (exact) mass is 408 g/mol. The number of piperidine rings is 1. The number of halogens is 1. The Balaban J connectivity index is 2.04. The molecule has 0 bridgehead atoms. The number of benzene rings is 1. The number of likely N-dealkylation sites (N-methyl/N-ethyl adjacent to an activating group) is 1. The third-order valence-corrected chi connectivity index (χ3v) is 5.29. The van der Waals surface area contributed by atoms with Crippen LogP contribution < -0.4 is 5.32 Å². The first-order valence-electron chi connectivity index (χ1n) is 10.1. The van der Waals surface area contributed by atoms with Gasteiger partial charge in [-0.05, 0) is 58.5 Å². The molecule has 1 heterocycles. The quantitative estimate of drug-likeness (QED) is 0.426. The lowest BCUT2D eigenvalue weighted by molar-refractivity contribution is -0.149. The van der Waals surface area contributed by atoms with Crippen molar-refractivity contribution in [3.8, 4) is 0 Å². The van der Waals surface area contributed by atoms with Crippen LogP contribution in [0.1, 0.15) is 38.3 Å². The van der Waals surface area contributed by atoms with E-state index in [1.165, 1.54) is 5.56 Å². The molecular weight excluding hydrogens is 376 g/mol. The molecule has 6 nitrogen and oxygen atoms in total. The summed E-state index contributed by atoms with van der Waals surface area (Å²) in [5.74, 6) is 0.841. The van der Waals surface area contributed by atoms with Gasteiger partial charge in [-0.25, -0.2) is 0 Å². The molecule has 156 valence electrons. The van der Waals surface area contributed by atoms with Crippen LogP contribution in [0.15, 0.2) is 29.3 Å². The minimum Gasteiger partial charge on any atom is -0.466 e. The van der Waals surface area contributed by atoms with E-state index in [2.05, 4.69) is 48.3 Å². The molecule has 0 radical (unpaired) electrons. The Kier molecular flexibility index (Phi) is 9.06. The first-order chi connectivity index (χ1) is 13.5. The molecule has 0 amide bonds. The molecule has 1 atom stereocenters. The second-order valence-corrected chi connectivity index (χ2v) is 7.68. The minimum absolute atomic E-state index is 0.00247. The summed E-state index contributed by atoms with van der Waals surface area (Å²) < 4.78 is 5.17. The molecule has 1 aromatic rings. The van der Waals surface area contributed by atoms with Crippen molar-refractivity contribution in [3.05, 3.63) is 34.9 Å². The number of nitrogens with one attached hydrogen (secondary N) is 1. The Morgan fingerprint density at radius 1 is 1.29 bits per heavy atom. The molecule has 1 fully saturated rings. The van der Waals surface area contributed by atoms with E-state index in [1.54, 1.807) is 0 Å². The molecular formula is C21H33ClN4O2. The van der Waals surface area contributed by atoms with Crippen molar-refractivity contribution in [2.45, 2.75) is 32.7 Å². The average molecular weight is 409 g/mol. The molecule has 2 rings (SSSR count). The number of carbonyl (C=O) groups is 1. The average Bonchev–Trinajstić information content (AvgIpc) is 2.69. The minimum atomic E-state index is -0.0699. The van der Waals surface area contributed by atoms with Gasteiger partial charge in [-0.3, -0.25) is 9.79 Å². The first kappa shape index (κ1) is 22.5. The molecule has 0 spiro atoms. The molecule has 1 aromatic carbocycles. The molecule has 1 saturated heterocycles. The van der Waals surface area contributed by atoms with Gasteiger partial charge in [-0.1, -0.05) is 23.7 Å². The number of ether oxygens (including phenoxy) is 1. The van der Waals surface area contributed by atoms with Crippen LogP contribution in [0.5, 0.6) is 0 Å². The van der Waals surface area contributed by atoms with Gasteiger partial charge in [0.2, 0.25) is 0 Å². The Morgan fingerprint density at radius 2 is 1.93 bits per heavy atom. The zero-order valence-electron chi connectivity index (χ0n) is 17.4. The summed E-state index contributed by atoms with van der Waals surface area (Å²) in [6, 6.07) is 8.12. The molecule has 0 saturated carbocycles. The molecule has 1 aliphatic heterocycles. The van der Waals surface area contributed by atoms with Crippen molar-refractivity contribution < 1.29 is 9.53 Å². The summed E-state index contributed by atoms with van der Waals surface area (Å²) in [4.78, 5) is 21.3. The van der Waals surface area contributed by atoms with Crippen molar-refractivity contribution in [2.75, 3.05) is 46.9 Å². The molecule has 1 aliphatic rings. The first-order valence-corrected chi connectivity index (χ1v) is 10.5. The lowest BCUT2D eigenvalue weighted by Crippen LogP contribution is -2.47. The molecule has 1 N–H and O–H groups in total. The maximum Gasteiger partial charge on any atom is 0.309 e. The molecule has 28 heavy (non-hydrogen) atoms. The van der Waals surface area contributed by atoms with Crippen LogP contribution in [0.2, 0.25) is 5.02 Å². The van der Waals surface area contributed by atoms with E-state index < -0.39 is 0 Å². The van der Waals surface area contributed by atoms with Gasteiger partial charge in [-0.15, -0.1) is 0 Å². The Bertz CT molecular complexity index is 640. The smallest absolute Gasteiger partial charge is 0.309 e. The van der Waals surface area contributed by atoms with Crippen LogP contribution >= 0.6 is 11.6 Å². The number of esters is 1. The molecule has 1 unspecified atom stereocenters. The number of aliphatic imine (C=N–C) groups is 1. The van der Waals surface area contributed by atoms with Gasteiger partial charge in [0.05, 0.1) is 25.1 Å². The van der Waals surface area contributed by atoms with Crippen molar-refractivity contribution >= 4 is 23.5 Å². The van der Waals surface area contributed by atoms with Gasteiger partial charge in [-0.2, -0.15) is 0 Å². The van der Waals surface area contributed by atoms with Crippen molar-refractivity contribution in [1.82, 2.24) is 15.1 Å². The van der Waals surface area contributed by atoms with Crippen molar-refractivity contribution in [2.24, 2.45) is 10.9 Å². The maximum atomic E-state index is 12.0. The third-order valence-electron chi connectivity index (χ3n) is 5.04. The van der Waals surface area contributed by atoms with Gasteiger partial charge in [0, 0.05) is 24.7 Å². The van der Waals surface area contributed by atoms with E-state index in [-0.39, 0.29) is 17.9 Å². The summed E-state index contributed by atoms with van der Waals surface area (Å²) in [5.41, 5.74) is 1.19. The fraction of sp³-hybridized carbons (Fsp3) is 0.619. The van der Waals surface area contributed by atoms with Crippen molar-refractivity contribution in [3.63, 3.8) is 0 Å². The Morgan fingerprint density at radius 3 is 2.46 bits per heavy atom. The summed E-state index contributed by atoms with van der Waals surface area (Å²) in [6.07, 6.45) is 1.61. The topological polar surface area (TPSA) is 57.2 Å². The highest BCUT2D eigenvalue weighted by atomic mass is 35.5. The van der Waals surface area contributed by atoms with E-state index in [0.717, 1.165) is 43.5 Å². The normalized spacial score (nSPS) is 16.9. The lowest BCUT2D eigenvalue weighted by atomic mass is 9.97. The van der Waals surface area contributed by atoms with Crippen LogP contribution in [0.3, 0.4) is 0 Å². The molecule has 7 heteroatoms. The van der Waals surface area contributed by atoms with E-state index >= 15 is 0 Å². The Hall–Kier alpha value is -1.79. The van der Waals surface area contributed by atoms with E-state index in [9.17, 15) is 4.79 Å². The maximum absolute atomic E-state index is 12.0. The predicted molar refractivity (Wildman–Crippen MR) is 115 cm³/mol. The fourth-order valence-corrected chi connectivity index (χ4v) is 3.56. The highest BCUT2D eigenvalue weighted by molar-refractivity contribution is 6.30. The van der Waals surface area contributed by atoms with Crippen molar-refractivity contribution in [1.29, 1.82) is 0 Å². The number of carbonyl (C=O) groups excluding carboxylic acids is 1.